The van der Waals surface area contributed by atoms with Crippen molar-refractivity contribution in [3.05, 3.63) is 27.7 Å². The van der Waals surface area contributed by atoms with Crippen LogP contribution in [0.3, 0.4) is 0 Å². The van der Waals surface area contributed by atoms with Crippen molar-refractivity contribution in [2.45, 2.75) is 4.90 Å². The highest BCUT2D eigenvalue weighted by atomic mass is 35.5. The number of carbonyl (C=O) groups excluding carboxylic acids is 1. The molecule has 0 radical (unpaired) electrons. The molecule has 0 aromatic heterocycles. The molecule has 5 nitrogen and oxygen atoms in total. The van der Waals surface area contributed by atoms with E-state index in [1.165, 1.54) is 0 Å². The van der Waals surface area contributed by atoms with Gasteiger partial charge in [0.25, 0.3) is 0 Å². The molecule has 0 saturated carbocycles. The molecule has 0 atom stereocenters. The van der Waals surface area contributed by atoms with Crippen LogP contribution >= 0.6 is 23.2 Å². The van der Waals surface area contributed by atoms with Crippen LogP contribution in [0.2, 0.25) is 10.0 Å². The predicted molar refractivity (Wildman–Crippen MR) is 56.4 cm³/mol. The van der Waals surface area contributed by atoms with Gasteiger partial charge in [0.2, 0.25) is 15.9 Å². The molecule has 0 aliphatic heterocycles. The summed E-state index contributed by atoms with van der Waals surface area (Å²) in [5.74, 6) is -0.860. The molecule has 0 aliphatic rings. The summed E-state index contributed by atoms with van der Waals surface area (Å²) in [5.41, 5.74) is 4.83. The number of rotatable bonds is 2. The van der Waals surface area contributed by atoms with Crippen molar-refractivity contribution in [1.82, 2.24) is 0 Å². The van der Waals surface area contributed by atoms with Gasteiger partial charge in [0.1, 0.15) is 4.90 Å². The van der Waals surface area contributed by atoms with Crippen molar-refractivity contribution in [2.24, 2.45) is 10.9 Å². The van der Waals surface area contributed by atoms with Gasteiger partial charge in [0, 0.05) is 0 Å². The molecular weight excluding hydrogens is 263 g/mol. The lowest BCUT2D eigenvalue weighted by Crippen LogP contribution is -2.16. The molecule has 82 valence electrons. The molecule has 1 aromatic rings. The molecular formula is C7H6Cl2N2O3S. The maximum absolute atomic E-state index is 11.0. The van der Waals surface area contributed by atoms with Crippen LogP contribution in [0, 0.1) is 0 Å². The van der Waals surface area contributed by atoms with Gasteiger partial charge in [-0.25, -0.2) is 13.6 Å². The van der Waals surface area contributed by atoms with Gasteiger partial charge in [-0.3, -0.25) is 4.79 Å². The normalized spacial score (nSPS) is 11.4. The van der Waals surface area contributed by atoms with E-state index in [1.807, 2.05) is 0 Å². The summed E-state index contributed by atoms with van der Waals surface area (Å²) in [6.45, 7) is 0. The van der Waals surface area contributed by atoms with Crippen LogP contribution in [0.25, 0.3) is 0 Å². The molecule has 1 amide bonds. The Balaban J connectivity index is 3.58. The molecule has 0 bridgehead atoms. The Morgan fingerprint density at radius 3 is 2.13 bits per heavy atom. The lowest BCUT2D eigenvalue weighted by molar-refractivity contribution is 0.100. The third-order valence-electron chi connectivity index (χ3n) is 1.59. The lowest BCUT2D eigenvalue weighted by atomic mass is 10.2. The summed E-state index contributed by atoms with van der Waals surface area (Å²) in [4.78, 5) is 10.5. The molecule has 0 heterocycles. The van der Waals surface area contributed by atoms with Crippen molar-refractivity contribution < 1.29 is 13.2 Å². The Hall–Kier alpha value is -0.820. The second kappa shape index (κ2) is 3.97. The monoisotopic (exact) mass is 268 g/mol. The summed E-state index contributed by atoms with van der Waals surface area (Å²) in [6.07, 6.45) is 0. The average molecular weight is 269 g/mol. The SMILES string of the molecule is NC(=O)c1cc(S(N)(=O)=O)c(Cl)cc1Cl. The van der Waals surface area contributed by atoms with E-state index in [9.17, 15) is 13.2 Å². The smallest absolute Gasteiger partial charge is 0.250 e. The van der Waals surface area contributed by atoms with Gasteiger partial charge in [-0.1, -0.05) is 23.2 Å². The van der Waals surface area contributed by atoms with Crippen LogP contribution in [0.4, 0.5) is 0 Å². The van der Waals surface area contributed by atoms with Crippen molar-refractivity contribution in [3.63, 3.8) is 0 Å². The zero-order chi connectivity index (χ0) is 11.8. The van der Waals surface area contributed by atoms with Crippen LogP contribution in [0.1, 0.15) is 10.4 Å². The van der Waals surface area contributed by atoms with Crippen molar-refractivity contribution >= 4 is 39.1 Å². The van der Waals surface area contributed by atoms with Gasteiger partial charge in [0.15, 0.2) is 0 Å². The Bertz CT molecular complexity index is 527. The topological polar surface area (TPSA) is 103 Å². The minimum atomic E-state index is -4.00. The molecule has 15 heavy (non-hydrogen) atoms. The first-order chi connectivity index (χ1) is 6.73. The van der Waals surface area contributed by atoms with E-state index >= 15 is 0 Å². The molecule has 1 aromatic carbocycles. The lowest BCUT2D eigenvalue weighted by Gasteiger charge is -2.05. The van der Waals surface area contributed by atoms with Gasteiger partial charge < -0.3 is 5.73 Å². The van der Waals surface area contributed by atoms with Crippen LogP contribution in [0.5, 0.6) is 0 Å². The molecule has 0 aliphatic carbocycles. The predicted octanol–water partition coefficient (Wildman–Crippen LogP) is 0.740. The van der Waals surface area contributed by atoms with E-state index in [-0.39, 0.29) is 20.5 Å². The molecule has 0 fully saturated rings. The number of sulfonamides is 1. The van der Waals surface area contributed by atoms with Crippen LogP contribution in [0.15, 0.2) is 17.0 Å². The Morgan fingerprint density at radius 1 is 1.20 bits per heavy atom. The summed E-state index contributed by atoms with van der Waals surface area (Å²) in [5, 5.41) is 4.68. The number of halogens is 2. The van der Waals surface area contributed by atoms with E-state index < -0.39 is 15.9 Å². The maximum atomic E-state index is 11.0. The summed E-state index contributed by atoms with van der Waals surface area (Å²) >= 11 is 11.2. The molecule has 8 heteroatoms. The fraction of sp³-hybridized carbons (Fsp3) is 0. The standard InChI is InChI=1S/C7H6Cl2N2O3S/c8-4-2-5(9)6(15(11,13)14)1-3(4)7(10)12/h1-2H,(H2,10,12)(H2,11,13,14). The van der Waals surface area contributed by atoms with Gasteiger partial charge in [-0.2, -0.15) is 0 Å². The first-order valence-electron chi connectivity index (χ1n) is 3.55. The molecule has 4 N–H and O–H groups in total. The van der Waals surface area contributed by atoms with Gasteiger partial charge in [-0.05, 0) is 12.1 Å². The summed E-state index contributed by atoms with van der Waals surface area (Å²) in [6, 6.07) is 2.05. The number of hydrogen-bond acceptors (Lipinski definition) is 3. The zero-order valence-electron chi connectivity index (χ0n) is 7.20. The van der Waals surface area contributed by atoms with Gasteiger partial charge in [0.05, 0.1) is 15.6 Å². The highest BCUT2D eigenvalue weighted by Gasteiger charge is 2.18. The minimum absolute atomic E-state index is 0.0279. The Kier molecular flexibility index (Phi) is 3.25. The minimum Gasteiger partial charge on any atom is -0.366 e. The van der Waals surface area contributed by atoms with E-state index in [2.05, 4.69) is 0 Å². The van der Waals surface area contributed by atoms with Gasteiger partial charge >= 0.3 is 0 Å². The Labute approximate surface area is 96.0 Å². The molecule has 0 saturated heterocycles. The number of hydrogen-bond donors (Lipinski definition) is 2. The van der Waals surface area contributed by atoms with Crippen LogP contribution < -0.4 is 10.9 Å². The third-order valence-corrected chi connectivity index (χ3v) is 3.28. The fourth-order valence-corrected chi connectivity index (χ4v) is 2.35. The summed E-state index contributed by atoms with van der Waals surface area (Å²) < 4.78 is 22.1. The second-order valence-corrected chi connectivity index (χ2v) is 5.02. The Morgan fingerprint density at radius 2 is 1.73 bits per heavy atom. The number of benzene rings is 1. The highest BCUT2D eigenvalue weighted by Crippen LogP contribution is 2.27. The van der Waals surface area contributed by atoms with E-state index in [0.29, 0.717) is 0 Å². The molecule has 0 unspecified atom stereocenters. The van der Waals surface area contributed by atoms with Crippen molar-refractivity contribution in [2.75, 3.05) is 0 Å². The number of primary amides is 1. The van der Waals surface area contributed by atoms with Crippen molar-refractivity contribution in [1.29, 1.82) is 0 Å². The first kappa shape index (κ1) is 12.3. The fourth-order valence-electron chi connectivity index (χ4n) is 0.936. The number of nitrogens with two attached hydrogens (primary N) is 2. The van der Waals surface area contributed by atoms with Gasteiger partial charge in [-0.15, -0.1) is 0 Å². The molecule has 0 spiro atoms. The zero-order valence-corrected chi connectivity index (χ0v) is 9.53. The van der Waals surface area contributed by atoms with Crippen LogP contribution in [-0.4, -0.2) is 14.3 Å². The number of carbonyl (C=O) groups is 1. The van der Waals surface area contributed by atoms with E-state index in [4.69, 9.17) is 34.1 Å². The number of primary sulfonamides is 1. The third kappa shape index (κ3) is 2.60. The summed E-state index contributed by atoms with van der Waals surface area (Å²) in [7, 11) is -4.00. The quantitative estimate of drug-likeness (QED) is 0.827. The van der Waals surface area contributed by atoms with E-state index in [1.54, 1.807) is 0 Å². The number of amides is 1. The van der Waals surface area contributed by atoms with Crippen molar-refractivity contribution in [3.8, 4) is 0 Å². The largest absolute Gasteiger partial charge is 0.366 e. The maximum Gasteiger partial charge on any atom is 0.250 e. The van der Waals surface area contributed by atoms with Crippen LogP contribution in [-0.2, 0) is 10.0 Å². The molecule has 1 rings (SSSR count). The second-order valence-electron chi connectivity index (χ2n) is 2.67. The first-order valence-corrected chi connectivity index (χ1v) is 5.85. The highest BCUT2D eigenvalue weighted by molar-refractivity contribution is 7.89. The van der Waals surface area contributed by atoms with E-state index in [0.717, 1.165) is 12.1 Å². The average Bonchev–Trinajstić information content (AvgIpc) is 2.00.